The molecule has 0 saturated heterocycles. The lowest BCUT2D eigenvalue weighted by atomic mass is 10.0. The Labute approximate surface area is 308 Å². The van der Waals surface area contributed by atoms with E-state index in [0.29, 0.717) is 0 Å². The van der Waals surface area contributed by atoms with Crippen molar-refractivity contribution in [3.05, 3.63) is 101 Å². The first-order chi connectivity index (χ1) is 23.4. The maximum atomic E-state index is 6.16. The summed E-state index contributed by atoms with van der Waals surface area (Å²) in [6.07, 6.45) is 24.1. The first-order valence-electron chi connectivity index (χ1n) is 19.1. The van der Waals surface area contributed by atoms with Crippen LogP contribution in [0.2, 0.25) is 0 Å². The van der Waals surface area contributed by atoms with Crippen molar-refractivity contribution < 1.29 is 9.47 Å². The van der Waals surface area contributed by atoms with Crippen LogP contribution in [0.25, 0.3) is 0 Å². The molecule has 0 aliphatic carbocycles. The quantitative estimate of drug-likeness (QED) is 0.0280. The van der Waals surface area contributed by atoms with E-state index in [2.05, 4.69) is 136 Å². The smallest absolute Gasteiger partial charge is 0.173 e. The molecule has 0 unspecified atom stereocenters. The first-order valence-corrected chi connectivity index (χ1v) is 23.7. The molecule has 3 aromatic carbocycles. The zero-order valence-corrected chi connectivity index (χ0v) is 34.0. The lowest BCUT2D eigenvalue weighted by molar-refractivity contribution is -0.148. The highest BCUT2D eigenvalue weighted by molar-refractivity contribution is 14.2. The van der Waals surface area contributed by atoms with Gasteiger partial charge in [0.25, 0.3) is 0 Å². The third kappa shape index (κ3) is 13.3. The number of halogens is 1. The van der Waals surface area contributed by atoms with E-state index < -0.39 is 4.90 Å². The molecule has 0 radical (unpaired) electrons. The maximum Gasteiger partial charge on any atom is 0.173 e. The Morgan fingerprint density at radius 3 is 1.67 bits per heavy atom. The minimum absolute atomic E-state index is 0.0151. The van der Waals surface area contributed by atoms with Gasteiger partial charge in [-0.3, -0.25) is 0 Å². The molecule has 0 bridgehead atoms. The van der Waals surface area contributed by atoms with Gasteiger partial charge in [-0.1, -0.05) is 119 Å². The predicted molar refractivity (Wildman–Crippen MR) is 223 cm³/mol. The molecule has 4 heteroatoms. The topological polar surface area (TPSA) is 18.5 Å². The summed E-state index contributed by atoms with van der Waals surface area (Å²) in [5, 5.41) is 4.50. The molecule has 0 aromatic heterocycles. The van der Waals surface area contributed by atoms with Crippen LogP contribution in [0, 0.1) is 20.8 Å². The molecule has 3 rings (SSSR count). The van der Waals surface area contributed by atoms with Crippen LogP contribution in [-0.4, -0.2) is 19.5 Å². The fourth-order valence-corrected chi connectivity index (χ4v) is 14.8. The van der Waals surface area contributed by atoms with Crippen LogP contribution in [-0.2, 0) is 15.9 Å². The molecule has 0 N–H and O–H groups in total. The van der Waals surface area contributed by atoms with E-state index in [1.165, 1.54) is 109 Å². The molecular weight excluding hydrogens is 718 g/mol. The molecule has 0 fully saturated rings. The van der Waals surface area contributed by atoms with Crippen molar-refractivity contribution >= 4 is 42.9 Å². The van der Waals surface area contributed by atoms with Gasteiger partial charge in [-0.25, -0.2) is 0 Å². The lowest BCUT2D eigenvalue weighted by Gasteiger charge is -2.25. The third-order valence-electron chi connectivity index (χ3n) is 9.54. The molecule has 264 valence electrons. The second-order valence-corrected chi connectivity index (χ2v) is 20.5. The van der Waals surface area contributed by atoms with Gasteiger partial charge in [0.2, 0.25) is 0 Å². The molecule has 3 aromatic rings. The first kappa shape index (κ1) is 40.9. The number of unbranched alkanes of at least 4 members (excludes halogenated alkanes) is 10. The summed E-state index contributed by atoms with van der Waals surface area (Å²) in [6, 6.07) is 25.1. The Balaban J connectivity index is 1.47. The monoisotopic (exact) mass is 783 g/mol. The molecule has 0 spiro atoms. The van der Waals surface area contributed by atoms with Crippen LogP contribution >= 0.6 is 26.9 Å². The normalized spacial score (nSPS) is 12.1. The highest BCUT2D eigenvalue weighted by Gasteiger charge is 2.46. The molecule has 0 amide bonds. The highest BCUT2D eigenvalue weighted by atomic mass is 127. The van der Waals surface area contributed by atoms with Crippen LogP contribution in [0.4, 0.5) is 0 Å². The molecule has 0 saturated carbocycles. The largest absolute Gasteiger partial charge is 0.353 e. The van der Waals surface area contributed by atoms with Crippen molar-refractivity contribution in [2.45, 2.75) is 144 Å². The van der Waals surface area contributed by atoms with Crippen LogP contribution in [0.1, 0.15) is 132 Å². The van der Waals surface area contributed by atoms with Crippen molar-refractivity contribution in [3.8, 4) is 0 Å². The summed E-state index contributed by atoms with van der Waals surface area (Å²) in [5.41, 5.74) is 5.74. The Hall–Kier alpha value is -1.52. The zero-order valence-electron chi connectivity index (χ0n) is 31.0. The van der Waals surface area contributed by atoms with Gasteiger partial charge in [0.05, 0.1) is 0 Å². The molecule has 0 aliphatic rings. The van der Waals surface area contributed by atoms with Gasteiger partial charge in [-0.2, -0.15) is 0 Å². The van der Waals surface area contributed by atoms with Crippen molar-refractivity contribution in [2.75, 3.05) is 13.2 Å². The molecule has 48 heavy (non-hydrogen) atoms. The van der Waals surface area contributed by atoms with Crippen molar-refractivity contribution in [1.82, 2.24) is 0 Å². The summed E-state index contributed by atoms with van der Waals surface area (Å²) in [7, 11) is 0. The van der Waals surface area contributed by atoms with Crippen molar-refractivity contribution in [2.24, 2.45) is 0 Å². The fourth-order valence-electron chi connectivity index (χ4n) is 6.58. The van der Waals surface area contributed by atoms with Crippen LogP contribution < -0.4 is 15.9 Å². The summed E-state index contributed by atoms with van der Waals surface area (Å²) in [5.74, 6) is 0. The number of aryl methyl sites for hydroxylation is 3. The third-order valence-corrected chi connectivity index (χ3v) is 17.7. The van der Waals surface area contributed by atoms with E-state index in [4.69, 9.17) is 9.47 Å². The molecule has 0 atom stereocenters. The number of rotatable bonds is 25. The van der Waals surface area contributed by atoms with Gasteiger partial charge in [0.1, 0.15) is 15.9 Å². The van der Waals surface area contributed by atoms with E-state index in [1.54, 1.807) is 0 Å². The Morgan fingerprint density at radius 1 is 0.583 bits per heavy atom. The van der Waals surface area contributed by atoms with Gasteiger partial charge in [0.15, 0.2) is 33.2 Å². The number of allylic oxidation sites excluding steroid dienone is 2. The molecule has 2 nitrogen and oxygen atoms in total. The Kier molecular flexibility index (Phi) is 20.3. The molecular formula is C44H65IO2P+. The van der Waals surface area contributed by atoms with E-state index in [9.17, 15) is 0 Å². The van der Waals surface area contributed by atoms with Crippen LogP contribution in [0.3, 0.4) is 0 Å². The number of hydrogen-bond acceptors (Lipinski definition) is 2. The van der Waals surface area contributed by atoms with E-state index >= 15 is 0 Å². The summed E-state index contributed by atoms with van der Waals surface area (Å²) >= 11 is 2.84. The summed E-state index contributed by atoms with van der Waals surface area (Å²) < 4.78 is 12.3. The highest BCUT2D eigenvalue weighted by Crippen LogP contribution is 2.65. The van der Waals surface area contributed by atoms with Crippen LogP contribution in [0.15, 0.2) is 78.9 Å². The van der Waals surface area contributed by atoms with Crippen LogP contribution in [0.5, 0.6) is 0 Å². The van der Waals surface area contributed by atoms with Gasteiger partial charge >= 0.3 is 0 Å². The second kappa shape index (κ2) is 23.8. The molecule has 0 heterocycles. The van der Waals surface area contributed by atoms with Gasteiger partial charge in [0, 0.05) is 13.2 Å². The standard InChI is InChI=1S/C44H65IO2P/c1-6-8-10-24-35-46-44(47-36-25-11-9-7-2)34-19-17-15-13-12-14-16-18-29-40-30-26-33-43(39(40)5)48(45,41-31-22-20-27-37(41)3)42-32-23-21-28-38(42)4/h12,14,20-23,26-28,30-33,44H,6-11,13,15-19,24-25,29,34-36H2,1-5H3/q+1/b14-12-. The maximum absolute atomic E-state index is 6.16. The van der Waals surface area contributed by atoms with Crippen molar-refractivity contribution in [1.29, 1.82) is 0 Å². The Bertz CT molecular complexity index is 1280. The van der Waals surface area contributed by atoms with E-state index in [0.717, 1.165) is 45.3 Å². The number of hydrogen-bond donors (Lipinski definition) is 0. The number of benzene rings is 3. The molecule has 0 aliphatic heterocycles. The van der Waals surface area contributed by atoms with E-state index in [1.807, 2.05) is 0 Å². The SMILES string of the molecule is CCCCCCOC(CCCCC/C=C\CCCc1cccc([P+](I)(c2ccccc2C)c2ccccc2C)c1C)OCCCCCC. The predicted octanol–water partition coefficient (Wildman–Crippen LogP) is 12.6. The zero-order chi connectivity index (χ0) is 34.5. The summed E-state index contributed by atoms with van der Waals surface area (Å²) in [4.78, 5) is -1.82. The average molecular weight is 784 g/mol. The van der Waals surface area contributed by atoms with Crippen molar-refractivity contribution in [3.63, 3.8) is 0 Å². The van der Waals surface area contributed by atoms with Gasteiger partial charge in [-0.05, 0) is 119 Å². The fraction of sp³-hybridized carbons (Fsp3) is 0.545. The van der Waals surface area contributed by atoms with Gasteiger partial charge in [-0.15, -0.1) is 0 Å². The second-order valence-electron chi connectivity index (χ2n) is 13.5. The minimum Gasteiger partial charge on any atom is -0.353 e. The Morgan fingerprint density at radius 2 is 1.10 bits per heavy atom. The average Bonchev–Trinajstić information content (AvgIpc) is 3.09. The van der Waals surface area contributed by atoms with Gasteiger partial charge < -0.3 is 9.47 Å². The number of ether oxygens (including phenoxy) is 2. The lowest BCUT2D eigenvalue weighted by Crippen LogP contribution is -2.31. The minimum atomic E-state index is -1.82. The van der Waals surface area contributed by atoms with E-state index in [-0.39, 0.29) is 6.29 Å². The summed E-state index contributed by atoms with van der Waals surface area (Å²) in [6.45, 7) is 13.1.